The van der Waals surface area contributed by atoms with Gasteiger partial charge in [0.2, 0.25) is 0 Å². The van der Waals surface area contributed by atoms with Gasteiger partial charge < -0.3 is 9.47 Å². The van der Waals surface area contributed by atoms with Crippen molar-refractivity contribution in [2.24, 2.45) is 5.92 Å². The number of para-hydroxylation sites is 2. The third-order valence-corrected chi connectivity index (χ3v) is 8.85. The van der Waals surface area contributed by atoms with Crippen LogP contribution in [0.25, 0.3) is 16.6 Å². The van der Waals surface area contributed by atoms with Crippen LogP contribution >= 0.6 is 0 Å². The maximum atomic E-state index is 15.0. The first kappa shape index (κ1) is 33.2. The largest absolute Gasteiger partial charge is 0.339 e. The molecule has 3 aromatic carbocycles. The minimum Gasteiger partial charge on any atom is -0.339 e. The Labute approximate surface area is 268 Å². The Bertz CT molecular complexity index is 1760. The summed E-state index contributed by atoms with van der Waals surface area (Å²) in [7, 11) is 0. The highest BCUT2D eigenvalue weighted by Crippen LogP contribution is 2.38. The van der Waals surface area contributed by atoms with Crippen LogP contribution in [0, 0.1) is 12.8 Å². The summed E-state index contributed by atoms with van der Waals surface area (Å²) in [5, 5.41) is 0. The van der Waals surface area contributed by atoms with E-state index in [2.05, 4.69) is 6.58 Å². The van der Waals surface area contributed by atoms with Gasteiger partial charge in [0.25, 0.3) is 18.3 Å². The number of fused-ring (bicyclic) bond motifs is 1. The van der Waals surface area contributed by atoms with Crippen LogP contribution in [0.1, 0.15) is 84.4 Å². The molecule has 0 aliphatic carbocycles. The van der Waals surface area contributed by atoms with Crippen molar-refractivity contribution in [3.05, 3.63) is 119 Å². The Morgan fingerprint density at radius 2 is 1.74 bits per heavy atom. The number of alkyl halides is 4. The molecule has 0 N–H and O–H groups in total. The van der Waals surface area contributed by atoms with E-state index in [1.54, 1.807) is 27.7 Å². The van der Waals surface area contributed by atoms with E-state index in [1.807, 2.05) is 62.4 Å². The van der Waals surface area contributed by atoms with Crippen molar-refractivity contribution in [2.45, 2.75) is 71.8 Å². The molecule has 0 atom stereocenters. The maximum Gasteiger partial charge on any atom is 0.275 e. The molecule has 1 saturated heterocycles. The maximum absolute atomic E-state index is 15.0. The number of hydrogen-bond acceptors (Lipinski definition) is 2. The van der Waals surface area contributed by atoms with Crippen LogP contribution in [0.5, 0.6) is 0 Å². The van der Waals surface area contributed by atoms with Gasteiger partial charge in [-0.2, -0.15) is 0 Å². The molecule has 242 valence electrons. The third kappa shape index (κ3) is 6.96. The summed E-state index contributed by atoms with van der Waals surface area (Å²) >= 11 is 0. The van der Waals surface area contributed by atoms with Gasteiger partial charge >= 0.3 is 0 Å². The number of likely N-dealkylation sites (tertiary alicyclic amines) is 1. The fraction of sp³-hybridized carbons (Fsp3) is 0.368. The topological polar surface area (TPSA) is 38.1 Å². The lowest BCUT2D eigenvalue weighted by molar-refractivity contribution is -0.0514. The normalized spacial score (nSPS) is 14.9. The third-order valence-electron chi connectivity index (χ3n) is 8.85. The summed E-state index contributed by atoms with van der Waals surface area (Å²) in [6.07, 6.45) is 1.34. The molecule has 1 aromatic heterocycles. The zero-order valence-electron chi connectivity index (χ0n) is 26.9. The molecule has 8 heteroatoms. The highest BCUT2D eigenvalue weighted by atomic mass is 19.3. The highest BCUT2D eigenvalue weighted by molar-refractivity contribution is 5.95. The molecule has 1 aliphatic rings. The van der Waals surface area contributed by atoms with Crippen LogP contribution in [-0.4, -0.2) is 39.9 Å². The van der Waals surface area contributed by atoms with Gasteiger partial charge in [-0.3, -0.25) is 4.79 Å². The van der Waals surface area contributed by atoms with Crippen LogP contribution in [0.4, 0.5) is 17.6 Å². The SMILES string of the molecule is C=C(C)C/C=C(/c1cccc(C(F)(F)C(C)C)c1)c1ccc(C(=O)N2CCC(c3nc4ccccc4n3CC(F)F)CC2)cc1C. The first-order valence-corrected chi connectivity index (χ1v) is 15.8. The van der Waals surface area contributed by atoms with Crippen molar-refractivity contribution >= 4 is 22.5 Å². The van der Waals surface area contributed by atoms with Crippen LogP contribution in [0.2, 0.25) is 0 Å². The molecule has 0 radical (unpaired) electrons. The van der Waals surface area contributed by atoms with E-state index < -0.39 is 24.8 Å². The number of carbonyl (C=O) groups excluding carboxylic acids is 1. The molecule has 5 rings (SSSR count). The van der Waals surface area contributed by atoms with Crippen molar-refractivity contribution in [1.82, 2.24) is 14.5 Å². The number of aryl methyl sites for hydroxylation is 1. The van der Waals surface area contributed by atoms with Crippen LogP contribution in [0.3, 0.4) is 0 Å². The number of benzene rings is 3. The molecular weight excluding hydrogens is 590 g/mol. The molecule has 46 heavy (non-hydrogen) atoms. The molecule has 0 saturated carbocycles. The lowest BCUT2D eigenvalue weighted by Crippen LogP contribution is -2.38. The van der Waals surface area contributed by atoms with Crippen molar-refractivity contribution in [2.75, 3.05) is 13.1 Å². The second-order valence-corrected chi connectivity index (χ2v) is 12.7. The van der Waals surface area contributed by atoms with E-state index in [0.29, 0.717) is 60.3 Å². The second kappa shape index (κ2) is 13.7. The van der Waals surface area contributed by atoms with E-state index >= 15 is 0 Å². The zero-order valence-corrected chi connectivity index (χ0v) is 26.9. The molecule has 0 unspecified atom stereocenters. The summed E-state index contributed by atoms with van der Waals surface area (Å²) in [4.78, 5) is 20.1. The number of aromatic nitrogens is 2. The molecule has 0 spiro atoms. The fourth-order valence-electron chi connectivity index (χ4n) is 6.24. The number of halogens is 4. The Balaban J connectivity index is 1.36. The lowest BCUT2D eigenvalue weighted by atomic mass is 9.89. The number of hydrogen-bond donors (Lipinski definition) is 0. The fourth-order valence-corrected chi connectivity index (χ4v) is 6.24. The van der Waals surface area contributed by atoms with Gasteiger partial charge in [0, 0.05) is 36.1 Å². The Morgan fingerprint density at radius 3 is 2.39 bits per heavy atom. The summed E-state index contributed by atoms with van der Waals surface area (Å²) in [6.45, 7) is 11.4. The van der Waals surface area contributed by atoms with Gasteiger partial charge in [0.05, 0.1) is 17.6 Å². The average Bonchev–Trinajstić information content (AvgIpc) is 3.39. The molecule has 4 aromatic rings. The van der Waals surface area contributed by atoms with E-state index in [9.17, 15) is 22.4 Å². The number of carbonyl (C=O) groups is 1. The van der Waals surface area contributed by atoms with Gasteiger partial charge in [-0.05, 0) is 85.7 Å². The lowest BCUT2D eigenvalue weighted by Gasteiger charge is -2.32. The molecule has 0 bridgehead atoms. The van der Waals surface area contributed by atoms with Crippen LogP contribution in [0.15, 0.2) is 85.0 Å². The summed E-state index contributed by atoms with van der Waals surface area (Å²) in [5.41, 5.74) is 6.07. The molecular formula is C38H41F4N3O. The van der Waals surface area contributed by atoms with E-state index in [4.69, 9.17) is 4.98 Å². The number of rotatable bonds is 10. The van der Waals surface area contributed by atoms with Gasteiger partial charge in [0.1, 0.15) is 5.82 Å². The van der Waals surface area contributed by atoms with Crippen LogP contribution in [-0.2, 0) is 12.5 Å². The van der Waals surface area contributed by atoms with Crippen LogP contribution < -0.4 is 0 Å². The predicted octanol–water partition coefficient (Wildman–Crippen LogP) is 9.78. The van der Waals surface area contributed by atoms with Crippen molar-refractivity contribution in [1.29, 1.82) is 0 Å². The van der Waals surface area contributed by atoms with Crippen molar-refractivity contribution < 1.29 is 22.4 Å². The molecule has 4 nitrogen and oxygen atoms in total. The number of allylic oxidation sites excluding steroid dienone is 2. The summed E-state index contributed by atoms with van der Waals surface area (Å²) < 4.78 is 58.5. The van der Waals surface area contributed by atoms with E-state index in [1.165, 1.54) is 19.9 Å². The Morgan fingerprint density at radius 1 is 1.02 bits per heavy atom. The Kier molecular flexibility index (Phi) is 9.85. The smallest absolute Gasteiger partial charge is 0.275 e. The minimum atomic E-state index is -2.97. The van der Waals surface area contributed by atoms with Crippen molar-refractivity contribution in [3.63, 3.8) is 0 Å². The molecule has 2 heterocycles. The van der Waals surface area contributed by atoms with Crippen molar-refractivity contribution in [3.8, 4) is 0 Å². The second-order valence-electron chi connectivity index (χ2n) is 12.7. The van der Waals surface area contributed by atoms with Gasteiger partial charge in [-0.25, -0.2) is 22.5 Å². The van der Waals surface area contributed by atoms with Gasteiger partial charge in [-0.1, -0.05) is 68.5 Å². The standard InChI is InChI=1S/C38H41F4N3O/c1-24(2)13-15-32(28-9-8-10-30(22-28)38(41,42)25(3)4)31-16-14-29(21-26(31)5)37(46)44-19-17-27(18-20-44)36-43-33-11-6-7-12-34(33)45(36)23-35(39)40/h6-12,14-16,21-22,25,27,35H,1,13,17-20,23H2,2-5H3/b32-15-. The molecule has 1 amide bonds. The zero-order chi connectivity index (χ0) is 33.2. The number of imidazole rings is 1. The van der Waals surface area contributed by atoms with Gasteiger partial charge in [0.15, 0.2) is 0 Å². The number of piperidine rings is 1. The molecule has 1 aliphatic heterocycles. The monoisotopic (exact) mass is 631 g/mol. The summed E-state index contributed by atoms with van der Waals surface area (Å²) in [5.74, 6) is -3.29. The first-order valence-electron chi connectivity index (χ1n) is 15.8. The first-order chi connectivity index (χ1) is 21.9. The summed E-state index contributed by atoms with van der Waals surface area (Å²) in [6, 6.07) is 19.4. The average molecular weight is 632 g/mol. The van der Waals surface area contributed by atoms with E-state index in [-0.39, 0.29) is 17.4 Å². The number of nitrogens with zero attached hydrogens (tertiary/aromatic N) is 3. The number of amides is 1. The predicted molar refractivity (Wildman–Crippen MR) is 176 cm³/mol. The van der Waals surface area contributed by atoms with Gasteiger partial charge in [-0.15, -0.1) is 0 Å². The quantitative estimate of drug-likeness (QED) is 0.129. The molecule has 1 fully saturated rings. The highest BCUT2D eigenvalue weighted by Gasteiger charge is 2.36. The minimum absolute atomic E-state index is 0.0286. The Hall–Kier alpha value is -4.20. The van der Waals surface area contributed by atoms with E-state index in [0.717, 1.165) is 22.3 Å².